The zero-order valence-corrected chi connectivity index (χ0v) is 14.4. The Morgan fingerprint density at radius 1 is 0.792 bits per heavy atom. The predicted molar refractivity (Wildman–Crippen MR) is 97.2 cm³/mol. The van der Waals surface area contributed by atoms with Crippen LogP contribution in [0.25, 0.3) is 0 Å². The van der Waals surface area contributed by atoms with E-state index < -0.39 is 0 Å². The van der Waals surface area contributed by atoms with Crippen molar-refractivity contribution in [2.45, 2.75) is 45.4 Å². The molecule has 0 radical (unpaired) electrons. The van der Waals surface area contributed by atoms with Gasteiger partial charge in [0.1, 0.15) is 29.0 Å². The first kappa shape index (κ1) is 16.4. The maximum Gasteiger partial charge on any atom is 0.119 e. The van der Waals surface area contributed by atoms with Crippen molar-refractivity contribution in [3.63, 3.8) is 0 Å². The van der Waals surface area contributed by atoms with Crippen LogP contribution in [-0.2, 0) is 12.8 Å². The smallest absolute Gasteiger partial charge is 0.119 e. The molecule has 0 bridgehead atoms. The van der Waals surface area contributed by atoms with Gasteiger partial charge in [-0.05, 0) is 48.7 Å². The molecule has 3 aromatic rings. The maximum atomic E-state index is 6.24. The number of rotatable bonds is 7. The molecule has 0 saturated heterocycles. The highest BCUT2D eigenvalue weighted by Crippen LogP contribution is 2.37. The van der Waals surface area contributed by atoms with Crippen molar-refractivity contribution in [2.75, 3.05) is 5.73 Å². The monoisotopic (exact) mass is 323 g/mol. The van der Waals surface area contributed by atoms with Crippen molar-refractivity contribution in [1.29, 1.82) is 0 Å². The van der Waals surface area contributed by atoms with Crippen LogP contribution in [0.2, 0.25) is 0 Å². The summed E-state index contributed by atoms with van der Waals surface area (Å²) in [7, 11) is 0. The van der Waals surface area contributed by atoms with Crippen molar-refractivity contribution < 1.29 is 8.83 Å². The number of aryl methyl sites for hydroxylation is 2. The molecule has 0 amide bonds. The molecule has 0 saturated carbocycles. The molecule has 2 aromatic heterocycles. The van der Waals surface area contributed by atoms with Crippen LogP contribution in [0.1, 0.15) is 61.2 Å². The van der Waals surface area contributed by atoms with Gasteiger partial charge in [0.2, 0.25) is 0 Å². The topological polar surface area (TPSA) is 52.3 Å². The van der Waals surface area contributed by atoms with Gasteiger partial charge in [0, 0.05) is 18.5 Å². The molecule has 126 valence electrons. The number of anilines is 1. The van der Waals surface area contributed by atoms with Gasteiger partial charge in [-0.15, -0.1) is 0 Å². The van der Waals surface area contributed by atoms with Crippen LogP contribution in [0, 0.1) is 0 Å². The van der Waals surface area contributed by atoms with Crippen molar-refractivity contribution in [3.05, 3.63) is 77.1 Å². The first-order chi connectivity index (χ1) is 11.7. The standard InChI is InChI=1S/C21H25NO2/c1-3-7-15-11-13-19(23-15)21(17-9-5-6-10-18(17)22)20-14-12-16(24-20)8-4-2/h5-6,9-14,21H,3-4,7-8,22H2,1-2H3. The summed E-state index contributed by atoms with van der Waals surface area (Å²) in [6.45, 7) is 4.30. The van der Waals surface area contributed by atoms with Gasteiger partial charge in [0.15, 0.2) is 0 Å². The molecular weight excluding hydrogens is 298 g/mol. The third-order valence-corrected chi connectivity index (χ3v) is 4.23. The minimum absolute atomic E-state index is 0.109. The molecule has 1 aromatic carbocycles. The summed E-state index contributed by atoms with van der Waals surface area (Å²) in [5.74, 6) is 3.67. The zero-order valence-electron chi connectivity index (χ0n) is 14.4. The lowest BCUT2D eigenvalue weighted by molar-refractivity contribution is 0.413. The fraction of sp³-hybridized carbons (Fsp3) is 0.333. The van der Waals surface area contributed by atoms with Gasteiger partial charge < -0.3 is 14.6 Å². The van der Waals surface area contributed by atoms with E-state index in [0.29, 0.717) is 0 Å². The van der Waals surface area contributed by atoms with Crippen LogP contribution in [0.5, 0.6) is 0 Å². The minimum atomic E-state index is -0.109. The van der Waals surface area contributed by atoms with Gasteiger partial charge in [0.05, 0.1) is 0 Å². The first-order valence-electron chi connectivity index (χ1n) is 8.74. The second-order valence-electron chi connectivity index (χ2n) is 6.17. The highest BCUT2D eigenvalue weighted by Gasteiger charge is 2.25. The molecule has 0 aliphatic carbocycles. The van der Waals surface area contributed by atoms with Crippen LogP contribution in [0.3, 0.4) is 0 Å². The molecule has 0 atom stereocenters. The van der Waals surface area contributed by atoms with E-state index in [1.54, 1.807) is 0 Å². The van der Waals surface area contributed by atoms with Crippen molar-refractivity contribution >= 4 is 5.69 Å². The summed E-state index contributed by atoms with van der Waals surface area (Å²) in [5, 5.41) is 0. The van der Waals surface area contributed by atoms with Gasteiger partial charge in [-0.3, -0.25) is 0 Å². The third kappa shape index (κ3) is 3.40. The zero-order chi connectivity index (χ0) is 16.9. The summed E-state index contributed by atoms with van der Waals surface area (Å²) in [6.07, 6.45) is 4.01. The number of hydrogen-bond acceptors (Lipinski definition) is 3. The number of benzene rings is 1. The summed E-state index contributed by atoms with van der Waals surface area (Å²) < 4.78 is 12.2. The summed E-state index contributed by atoms with van der Waals surface area (Å²) in [6, 6.07) is 16.1. The van der Waals surface area contributed by atoms with E-state index in [0.717, 1.165) is 60.0 Å². The highest BCUT2D eigenvalue weighted by atomic mass is 16.4. The molecule has 0 aliphatic rings. The number of nitrogens with two attached hydrogens (primary N) is 1. The quantitative estimate of drug-likeness (QED) is 0.581. The molecule has 0 unspecified atom stereocenters. The SMILES string of the molecule is CCCc1ccc(C(c2ccc(CCC)o2)c2ccccc2N)o1. The molecule has 0 spiro atoms. The minimum Gasteiger partial charge on any atom is -0.465 e. The highest BCUT2D eigenvalue weighted by molar-refractivity contribution is 5.53. The van der Waals surface area contributed by atoms with E-state index in [9.17, 15) is 0 Å². The molecule has 3 rings (SSSR count). The molecule has 3 nitrogen and oxygen atoms in total. The van der Waals surface area contributed by atoms with E-state index >= 15 is 0 Å². The largest absolute Gasteiger partial charge is 0.465 e. The Morgan fingerprint density at radius 2 is 1.33 bits per heavy atom. The Hall–Kier alpha value is -2.42. The summed E-state index contributed by atoms with van der Waals surface area (Å²) in [5.41, 5.74) is 8.02. The lowest BCUT2D eigenvalue weighted by atomic mass is 9.93. The fourth-order valence-corrected chi connectivity index (χ4v) is 3.08. The average molecular weight is 323 g/mol. The van der Waals surface area contributed by atoms with Gasteiger partial charge in [-0.1, -0.05) is 32.0 Å². The van der Waals surface area contributed by atoms with Crippen LogP contribution in [0.15, 0.2) is 57.4 Å². The Morgan fingerprint density at radius 3 is 1.83 bits per heavy atom. The maximum absolute atomic E-state index is 6.24. The van der Waals surface area contributed by atoms with Crippen LogP contribution >= 0.6 is 0 Å². The number of para-hydroxylation sites is 1. The molecule has 2 N–H and O–H groups in total. The number of nitrogen functional groups attached to an aromatic ring is 1. The molecule has 0 aliphatic heterocycles. The van der Waals surface area contributed by atoms with Gasteiger partial charge >= 0.3 is 0 Å². The Bertz CT molecular complexity index is 740. The lowest BCUT2D eigenvalue weighted by Gasteiger charge is -2.15. The van der Waals surface area contributed by atoms with Gasteiger partial charge in [0.25, 0.3) is 0 Å². The molecule has 24 heavy (non-hydrogen) atoms. The summed E-state index contributed by atoms with van der Waals surface area (Å²) in [4.78, 5) is 0. The average Bonchev–Trinajstić information content (AvgIpc) is 3.21. The van der Waals surface area contributed by atoms with E-state index in [4.69, 9.17) is 14.6 Å². The van der Waals surface area contributed by atoms with Gasteiger partial charge in [-0.25, -0.2) is 0 Å². The second kappa shape index (κ2) is 7.43. The first-order valence-corrected chi connectivity index (χ1v) is 8.74. The molecular formula is C21H25NO2. The van der Waals surface area contributed by atoms with Crippen LogP contribution in [-0.4, -0.2) is 0 Å². The predicted octanol–water partition coefficient (Wildman–Crippen LogP) is 5.54. The Labute approximate surface area is 143 Å². The fourth-order valence-electron chi connectivity index (χ4n) is 3.08. The number of furan rings is 2. The van der Waals surface area contributed by atoms with Crippen molar-refractivity contribution in [1.82, 2.24) is 0 Å². The number of hydrogen-bond donors (Lipinski definition) is 1. The Kier molecular flexibility index (Phi) is 5.09. The van der Waals surface area contributed by atoms with Crippen LogP contribution in [0.4, 0.5) is 5.69 Å². The van der Waals surface area contributed by atoms with Gasteiger partial charge in [-0.2, -0.15) is 0 Å². The summed E-state index contributed by atoms with van der Waals surface area (Å²) >= 11 is 0. The van der Waals surface area contributed by atoms with Crippen molar-refractivity contribution in [2.24, 2.45) is 0 Å². The van der Waals surface area contributed by atoms with E-state index in [1.807, 2.05) is 36.4 Å². The third-order valence-electron chi connectivity index (χ3n) is 4.23. The van der Waals surface area contributed by atoms with E-state index in [-0.39, 0.29) is 5.92 Å². The lowest BCUT2D eigenvalue weighted by Crippen LogP contribution is -2.04. The normalized spacial score (nSPS) is 11.3. The Balaban J connectivity index is 2.04. The molecule has 3 heteroatoms. The second-order valence-corrected chi connectivity index (χ2v) is 6.17. The van der Waals surface area contributed by atoms with E-state index in [2.05, 4.69) is 26.0 Å². The van der Waals surface area contributed by atoms with E-state index in [1.165, 1.54) is 0 Å². The molecule has 0 fully saturated rings. The molecule has 2 heterocycles. The van der Waals surface area contributed by atoms with Crippen molar-refractivity contribution in [3.8, 4) is 0 Å². The van der Waals surface area contributed by atoms with Crippen LogP contribution < -0.4 is 5.73 Å².